The van der Waals surface area contributed by atoms with Gasteiger partial charge >= 0.3 is 5.97 Å². The molecule has 3 aromatic rings. The van der Waals surface area contributed by atoms with Crippen molar-refractivity contribution in [2.24, 2.45) is 0 Å². The Bertz CT molecular complexity index is 789. The van der Waals surface area contributed by atoms with Crippen molar-refractivity contribution in [2.75, 3.05) is 0 Å². The molecule has 1 aromatic carbocycles. The molecule has 0 atom stereocenters. The SMILES string of the molecule is O=C(O)Cc1ccc(CSc2nnc(-c3cccnc3)s2)cc1. The summed E-state index contributed by atoms with van der Waals surface area (Å²) in [7, 11) is 0. The predicted octanol–water partition coefficient (Wildman–Crippen LogP) is 3.52. The molecule has 3 rings (SSSR count). The van der Waals surface area contributed by atoms with E-state index in [1.165, 1.54) is 11.3 Å². The number of carboxylic acids is 1. The van der Waals surface area contributed by atoms with E-state index in [9.17, 15) is 4.79 Å². The van der Waals surface area contributed by atoms with Crippen LogP contribution in [0.4, 0.5) is 0 Å². The van der Waals surface area contributed by atoms with E-state index in [0.717, 1.165) is 31.8 Å². The summed E-state index contributed by atoms with van der Waals surface area (Å²) in [6.07, 6.45) is 3.56. The van der Waals surface area contributed by atoms with Crippen LogP contribution in [0.1, 0.15) is 11.1 Å². The monoisotopic (exact) mass is 343 g/mol. The zero-order valence-corrected chi connectivity index (χ0v) is 13.7. The molecule has 2 aromatic heterocycles. The maximum absolute atomic E-state index is 10.7. The fourth-order valence-corrected chi connectivity index (χ4v) is 3.74. The van der Waals surface area contributed by atoms with Gasteiger partial charge in [0.25, 0.3) is 0 Å². The Balaban J connectivity index is 1.60. The van der Waals surface area contributed by atoms with Gasteiger partial charge in [-0.25, -0.2) is 0 Å². The smallest absolute Gasteiger partial charge is 0.307 e. The molecule has 0 fully saturated rings. The fraction of sp³-hybridized carbons (Fsp3) is 0.125. The van der Waals surface area contributed by atoms with Crippen LogP contribution in [0.2, 0.25) is 0 Å². The molecule has 0 spiro atoms. The average Bonchev–Trinajstić information content (AvgIpc) is 3.04. The Hall–Kier alpha value is -2.25. The molecule has 0 aliphatic carbocycles. The van der Waals surface area contributed by atoms with Crippen molar-refractivity contribution in [3.8, 4) is 10.6 Å². The Morgan fingerprint density at radius 3 is 2.61 bits per heavy atom. The Kier molecular flexibility index (Phi) is 4.99. The number of benzene rings is 1. The first kappa shape index (κ1) is 15.6. The lowest BCUT2D eigenvalue weighted by molar-refractivity contribution is -0.136. The molecule has 116 valence electrons. The van der Waals surface area contributed by atoms with Gasteiger partial charge < -0.3 is 5.11 Å². The lowest BCUT2D eigenvalue weighted by atomic mass is 10.1. The van der Waals surface area contributed by atoms with E-state index < -0.39 is 5.97 Å². The fourth-order valence-electron chi connectivity index (χ4n) is 1.95. The molecule has 2 heterocycles. The summed E-state index contributed by atoms with van der Waals surface area (Å²) in [4.78, 5) is 14.7. The van der Waals surface area contributed by atoms with E-state index in [2.05, 4.69) is 15.2 Å². The number of rotatable bonds is 6. The largest absolute Gasteiger partial charge is 0.481 e. The second-order valence-electron chi connectivity index (χ2n) is 4.79. The Morgan fingerprint density at radius 1 is 1.13 bits per heavy atom. The normalized spacial score (nSPS) is 10.6. The number of hydrogen-bond acceptors (Lipinski definition) is 6. The molecule has 0 bridgehead atoms. The maximum atomic E-state index is 10.7. The van der Waals surface area contributed by atoms with Gasteiger partial charge in [0, 0.05) is 23.7 Å². The predicted molar refractivity (Wildman–Crippen MR) is 90.5 cm³/mol. The number of hydrogen-bond donors (Lipinski definition) is 1. The third-order valence-corrected chi connectivity index (χ3v) is 5.23. The molecule has 0 saturated heterocycles. The lowest BCUT2D eigenvalue weighted by Crippen LogP contribution is -1.99. The van der Waals surface area contributed by atoms with Crippen LogP contribution in [0.5, 0.6) is 0 Å². The number of carboxylic acid groups (broad SMARTS) is 1. The van der Waals surface area contributed by atoms with Crippen molar-refractivity contribution in [3.05, 3.63) is 59.9 Å². The molecule has 5 nitrogen and oxygen atoms in total. The average molecular weight is 343 g/mol. The number of pyridine rings is 1. The van der Waals surface area contributed by atoms with Gasteiger partial charge in [0.1, 0.15) is 5.01 Å². The Morgan fingerprint density at radius 2 is 1.91 bits per heavy atom. The van der Waals surface area contributed by atoms with Crippen molar-refractivity contribution < 1.29 is 9.90 Å². The number of aromatic nitrogens is 3. The summed E-state index contributed by atoms with van der Waals surface area (Å²) in [6, 6.07) is 11.4. The Labute approximate surface area is 141 Å². The van der Waals surface area contributed by atoms with Crippen molar-refractivity contribution in [1.82, 2.24) is 15.2 Å². The lowest BCUT2D eigenvalue weighted by Gasteiger charge is -2.01. The highest BCUT2D eigenvalue weighted by atomic mass is 32.2. The van der Waals surface area contributed by atoms with Gasteiger partial charge in [-0.2, -0.15) is 0 Å². The van der Waals surface area contributed by atoms with Gasteiger partial charge in [0.15, 0.2) is 4.34 Å². The first-order chi connectivity index (χ1) is 11.2. The van der Waals surface area contributed by atoms with Crippen LogP contribution in [0.25, 0.3) is 10.6 Å². The van der Waals surface area contributed by atoms with Crippen LogP contribution in [0, 0.1) is 0 Å². The minimum absolute atomic E-state index is 0.0539. The van der Waals surface area contributed by atoms with E-state index in [1.807, 2.05) is 36.4 Å². The maximum Gasteiger partial charge on any atom is 0.307 e. The number of thioether (sulfide) groups is 1. The molecule has 0 aliphatic heterocycles. The van der Waals surface area contributed by atoms with Gasteiger partial charge in [-0.05, 0) is 23.3 Å². The summed E-state index contributed by atoms with van der Waals surface area (Å²) in [5.74, 6) is -0.0430. The van der Waals surface area contributed by atoms with E-state index in [1.54, 1.807) is 24.2 Å². The molecule has 0 aliphatic rings. The van der Waals surface area contributed by atoms with Crippen LogP contribution < -0.4 is 0 Å². The summed E-state index contributed by atoms with van der Waals surface area (Å²) in [6.45, 7) is 0. The molecular formula is C16H13N3O2S2. The molecular weight excluding hydrogens is 330 g/mol. The van der Waals surface area contributed by atoms with Crippen LogP contribution in [-0.2, 0) is 17.0 Å². The molecule has 0 amide bonds. The molecule has 23 heavy (non-hydrogen) atoms. The van der Waals surface area contributed by atoms with E-state index in [0.29, 0.717) is 0 Å². The molecule has 0 radical (unpaired) electrons. The summed E-state index contributed by atoms with van der Waals surface area (Å²) < 4.78 is 0.901. The van der Waals surface area contributed by atoms with Crippen molar-refractivity contribution >= 4 is 29.1 Å². The number of aliphatic carboxylic acids is 1. The third kappa shape index (κ3) is 4.37. The quantitative estimate of drug-likeness (QED) is 0.690. The minimum atomic E-state index is -0.816. The highest BCUT2D eigenvalue weighted by Gasteiger charge is 2.07. The zero-order chi connectivity index (χ0) is 16.1. The zero-order valence-electron chi connectivity index (χ0n) is 12.0. The van der Waals surface area contributed by atoms with Crippen molar-refractivity contribution in [1.29, 1.82) is 0 Å². The topological polar surface area (TPSA) is 76.0 Å². The first-order valence-corrected chi connectivity index (χ1v) is 8.67. The number of nitrogens with zero attached hydrogens (tertiary/aromatic N) is 3. The van der Waals surface area contributed by atoms with Gasteiger partial charge in [-0.3, -0.25) is 9.78 Å². The molecule has 0 unspecified atom stereocenters. The van der Waals surface area contributed by atoms with Gasteiger partial charge in [-0.1, -0.05) is 47.4 Å². The van der Waals surface area contributed by atoms with Crippen LogP contribution in [0.3, 0.4) is 0 Å². The second kappa shape index (κ2) is 7.34. The summed E-state index contributed by atoms with van der Waals surface area (Å²) in [5, 5.41) is 18.0. The summed E-state index contributed by atoms with van der Waals surface area (Å²) in [5.41, 5.74) is 2.90. The number of carbonyl (C=O) groups is 1. The van der Waals surface area contributed by atoms with Gasteiger partial charge in [0.05, 0.1) is 6.42 Å². The molecule has 0 saturated carbocycles. The third-order valence-electron chi connectivity index (χ3n) is 3.06. The van der Waals surface area contributed by atoms with E-state index in [4.69, 9.17) is 5.11 Å². The van der Waals surface area contributed by atoms with E-state index >= 15 is 0 Å². The van der Waals surface area contributed by atoms with Crippen LogP contribution in [0.15, 0.2) is 53.1 Å². The van der Waals surface area contributed by atoms with E-state index in [-0.39, 0.29) is 6.42 Å². The first-order valence-electron chi connectivity index (χ1n) is 6.87. The second-order valence-corrected chi connectivity index (χ2v) is 6.99. The van der Waals surface area contributed by atoms with Crippen LogP contribution >= 0.6 is 23.1 Å². The highest BCUT2D eigenvalue weighted by molar-refractivity contribution is 8.00. The van der Waals surface area contributed by atoms with Crippen molar-refractivity contribution in [2.45, 2.75) is 16.5 Å². The van der Waals surface area contributed by atoms with Crippen molar-refractivity contribution in [3.63, 3.8) is 0 Å². The van der Waals surface area contributed by atoms with Gasteiger partial charge in [-0.15, -0.1) is 10.2 Å². The minimum Gasteiger partial charge on any atom is -0.481 e. The standard InChI is InChI=1S/C16H13N3O2S2/c20-14(21)8-11-3-5-12(6-4-11)10-22-16-19-18-15(23-16)13-2-1-7-17-9-13/h1-7,9H,8,10H2,(H,20,21). The highest BCUT2D eigenvalue weighted by Crippen LogP contribution is 2.30. The van der Waals surface area contributed by atoms with Crippen LogP contribution in [-0.4, -0.2) is 26.3 Å². The summed E-state index contributed by atoms with van der Waals surface area (Å²) >= 11 is 3.16. The molecule has 7 heteroatoms. The molecule has 1 N–H and O–H groups in total. The van der Waals surface area contributed by atoms with Gasteiger partial charge in [0.2, 0.25) is 0 Å².